The normalized spacial score (nSPS) is 13.5. The number of carbonyl (C=O) groups excluding carboxylic acids is 1. The Balaban J connectivity index is 1.63. The number of halogens is 3. The van der Waals surface area contributed by atoms with Gasteiger partial charge < -0.3 is 20.4 Å². The quantitative estimate of drug-likeness (QED) is 0.426. The Bertz CT molecular complexity index is 1400. The predicted octanol–water partition coefficient (Wildman–Crippen LogP) is 3.60. The number of pyridine rings is 1. The number of amides is 1. The third kappa shape index (κ3) is 5.43. The van der Waals surface area contributed by atoms with Gasteiger partial charge in [-0.1, -0.05) is 0 Å². The van der Waals surface area contributed by atoms with Gasteiger partial charge in [-0.15, -0.1) is 5.53 Å². The van der Waals surface area contributed by atoms with E-state index in [1.165, 1.54) is 19.4 Å². The standard InChI is InChI=1S/C25H29F3N8O2/c1-14-22(36-13-21(32-33-36)19-11-30-35(5)15(19)2)8-16(10-29-14)24(37)31-18-7-17(12-34(3)4)23(38-6)20(9-18)25(26,27)28/h7-11,13,32-33H,12H2,1-6H3,(H,31,37). The van der Waals surface area contributed by atoms with Gasteiger partial charge in [0.05, 0.1) is 41.5 Å². The molecule has 0 aliphatic carbocycles. The van der Waals surface area contributed by atoms with Crippen molar-refractivity contribution in [1.82, 2.24) is 30.6 Å². The Labute approximate surface area is 218 Å². The highest BCUT2D eigenvalue weighted by Crippen LogP contribution is 2.40. The zero-order chi connectivity index (χ0) is 27.8. The fraction of sp³-hybridized carbons (Fsp3) is 0.320. The van der Waals surface area contributed by atoms with Crippen LogP contribution in [0, 0.1) is 13.8 Å². The Morgan fingerprint density at radius 3 is 2.53 bits per heavy atom. The number of alkyl halides is 3. The average Bonchev–Trinajstić information content (AvgIpc) is 3.45. The number of nitrogens with one attached hydrogen (secondary N) is 3. The predicted molar refractivity (Wildman–Crippen MR) is 137 cm³/mol. The number of carbonyl (C=O) groups is 1. The maximum Gasteiger partial charge on any atom is 0.420 e. The molecule has 3 aromatic rings. The zero-order valence-corrected chi connectivity index (χ0v) is 21.9. The molecule has 1 amide bonds. The second-order valence-electron chi connectivity index (χ2n) is 9.15. The van der Waals surface area contributed by atoms with Crippen LogP contribution in [0.15, 0.2) is 36.8 Å². The van der Waals surface area contributed by atoms with Crippen LogP contribution >= 0.6 is 0 Å². The first-order valence-electron chi connectivity index (χ1n) is 11.6. The van der Waals surface area contributed by atoms with Crippen molar-refractivity contribution in [2.45, 2.75) is 26.6 Å². The van der Waals surface area contributed by atoms with Gasteiger partial charge in [-0.25, -0.2) is 0 Å². The van der Waals surface area contributed by atoms with Gasteiger partial charge in [-0.2, -0.15) is 18.3 Å². The largest absolute Gasteiger partial charge is 0.496 e. The van der Waals surface area contributed by atoms with E-state index in [0.717, 1.165) is 23.0 Å². The van der Waals surface area contributed by atoms with Crippen LogP contribution in [0.4, 0.5) is 24.5 Å². The summed E-state index contributed by atoms with van der Waals surface area (Å²) in [5.41, 5.74) is 9.44. The number of methoxy groups -OCH3 is 1. The number of hydrogen-bond acceptors (Lipinski definition) is 8. The molecule has 10 nitrogen and oxygen atoms in total. The van der Waals surface area contributed by atoms with E-state index in [1.54, 1.807) is 47.9 Å². The lowest BCUT2D eigenvalue weighted by Crippen LogP contribution is -2.36. The summed E-state index contributed by atoms with van der Waals surface area (Å²) >= 11 is 0. The minimum Gasteiger partial charge on any atom is -0.496 e. The van der Waals surface area contributed by atoms with Gasteiger partial charge in [0, 0.05) is 48.5 Å². The minimum atomic E-state index is -4.67. The summed E-state index contributed by atoms with van der Waals surface area (Å²) in [5, 5.41) is 8.51. The number of ether oxygens (including phenoxy) is 1. The molecular weight excluding hydrogens is 501 g/mol. The second kappa shape index (κ2) is 10.3. The molecule has 2 aromatic heterocycles. The summed E-state index contributed by atoms with van der Waals surface area (Å²) in [6.07, 6.45) is 0.255. The molecule has 38 heavy (non-hydrogen) atoms. The Kier molecular flexibility index (Phi) is 7.33. The number of rotatable bonds is 7. The fourth-order valence-corrected chi connectivity index (χ4v) is 4.11. The molecule has 0 radical (unpaired) electrons. The first-order chi connectivity index (χ1) is 17.9. The number of nitrogens with zero attached hydrogens (tertiary/aromatic N) is 5. The molecule has 1 aromatic carbocycles. The molecule has 4 rings (SSSR count). The van der Waals surface area contributed by atoms with Gasteiger partial charge in [-0.05, 0) is 46.1 Å². The molecule has 202 valence electrons. The van der Waals surface area contributed by atoms with Crippen molar-refractivity contribution in [3.63, 3.8) is 0 Å². The van der Waals surface area contributed by atoms with Gasteiger partial charge in [0.2, 0.25) is 0 Å². The second-order valence-corrected chi connectivity index (χ2v) is 9.15. The molecule has 0 saturated carbocycles. The van der Waals surface area contributed by atoms with E-state index in [9.17, 15) is 18.0 Å². The molecule has 1 aliphatic heterocycles. The van der Waals surface area contributed by atoms with Crippen LogP contribution in [0.3, 0.4) is 0 Å². The van der Waals surface area contributed by atoms with Gasteiger partial charge in [0.1, 0.15) is 5.75 Å². The number of hydrazine groups is 2. The van der Waals surface area contributed by atoms with Gasteiger partial charge >= 0.3 is 6.18 Å². The molecule has 0 unspecified atom stereocenters. The van der Waals surface area contributed by atoms with Crippen LogP contribution in [0.2, 0.25) is 0 Å². The zero-order valence-electron chi connectivity index (χ0n) is 21.9. The fourth-order valence-electron chi connectivity index (χ4n) is 4.11. The summed E-state index contributed by atoms with van der Waals surface area (Å²) in [6, 6.07) is 3.96. The number of anilines is 2. The smallest absolute Gasteiger partial charge is 0.420 e. The van der Waals surface area contributed by atoms with Gasteiger partial charge in [-0.3, -0.25) is 19.5 Å². The van der Waals surface area contributed by atoms with Crippen molar-refractivity contribution in [2.24, 2.45) is 7.05 Å². The molecular formula is C25H29F3N8O2. The number of hydrogen-bond donors (Lipinski definition) is 3. The molecule has 0 bridgehead atoms. The highest BCUT2D eigenvalue weighted by molar-refractivity contribution is 6.05. The molecule has 13 heteroatoms. The lowest BCUT2D eigenvalue weighted by Gasteiger charge is -2.20. The highest BCUT2D eigenvalue weighted by Gasteiger charge is 2.36. The van der Waals surface area contributed by atoms with Crippen LogP contribution in [0.1, 0.15) is 38.4 Å². The summed E-state index contributed by atoms with van der Waals surface area (Å²) in [5.74, 6) is -0.880. The SMILES string of the molecule is COc1c(CN(C)C)cc(NC(=O)c2cnc(C)c(N3C=C(c4cnn(C)c4C)NN3)c2)cc1C(F)(F)F. The van der Waals surface area contributed by atoms with E-state index in [-0.39, 0.29) is 23.5 Å². The van der Waals surface area contributed by atoms with Crippen molar-refractivity contribution in [3.05, 3.63) is 70.4 Å². The summed E-state index contributed by atoms with van der Waals surface area (Å²) in [4.78, 5) is 19.2. The van der Waals surface area contributed by atoms with E-state index >= 15 is 0 Å². The van der Waals surface area contributed by atoms with Crippen molar-refractivity contribution >= 4 is 23.0 Å². The van der Waals surface area contributed by atoms with Crippen LogP contribution in [-0.2, 0) is 19.8 Å². The van der Waals surface area contributed by atoms with Gasteiger partial charge in [0.25, 0.3) is 5.91 Å². The number of aromatic nitrogens is 3. The molecule has 0 fully saturated rings. The van der Waals surface area contributed by atoms with E-state index < -0.39 is 17.6 Å². The highest BCUT2D eigenvalue weighted by atomic mass is 19.4. The van der Waals surface area contributed by atoms with Crippen molar-refractivity contribution in [1.29, 1.82) is 0 Å². The third-order valence-corrected chi connectivity index (χ3v) is 6.10. The molecule has 0 spiro atoms. The van der Waals surface area contributed by atoms with E-state index in [2.05, 4.69) is 26.4 Å². The van der Waals surface area contributed by atoms with Gasteiger partial charge in [0.15, 0.2) is 0 Å². The molecule has 0 atom stereocenters. The van der Waals surface area contributed by atoms with E-state index in [4.69, 9.17) is 4.74 Å². The number of aryl methyl sites for hydroxylation is 2. The average molecular weight is 531 g/mol. The number of benzene rings is 1. The van der Waals surface area contributed by atoms with E-state index in [0.29, 0.717) is 16.9 Å². The summed E-state index contributed by atoms with van der Waals surface area (Å²) < 4.78 is 48.2. The lowest BCUT2D eigenvalue weighted by atomic mass is 10.1. The minimum absolute atomic E-state index is 0.00250. The van der Waals surface area contributed by atoms with Crippen molar-refractivity contribution < 1.29 is 22.7 Å². The maximum atomic E-state index is 13.8. The van der Waals surface area contributed by atoms with Crippen molar-refractivity contribution in [2.75, 3.05) is 31.5 Å². The molecule has 0 saturated heterocycles. The first kappa shape index (κ1) is 26.9. The molecule has 3 N–H and O–H groups in total. The van der Waals surface area contributed by atoms with Crippen LogP contribution < -0.4 is 26.0 Å². The first-order valence-corrected chi connectivity index (χ1v) is 11.6. The topological polar surface area (TPSA) is 99.6 Å². The third-order valence-electron chi connectivity index (χ3n) is 6.10. The van der Waals surface area contributed by atoms with Crippen LogP contribution in [-0.4, -0.2) is 46.8 Å². The summed E-state index contributed by atoms with van der Waals surface area (Å²) in [6.45, 7) is 3.91. The van der Waals surface area contributed by atoms with Crippen LogP contribution in [0.25, 0.3) is 5.70 Å². The Morgan fingerprint density at radius 2 is 1.92 bits per heavy atom. The maximum absolute atomic E-state index is 13.8. The Hall–Kier alpha value is -4.10. The molecule has 3 heterocycles. The van der Waals surface area contributed by atoms with E-state index in [1.807, 2.05) is 20.2 Å². The van der Waals surface area contributed by atoms with Crippen molar-refractivity contribution in [3.8, 4) is 5.75 Å². The summed E-state index contributed by atoms with van der Waals surface area (Å²) in [7, 11) is 6.50. The Morgan fingerprint density at radius 1 is 1.18 bits per heavy atom. The monoisotopic (exact) mass is 530 g/mol. The molecule has 1 aliphatic rings. The van der Waals surface area contributed by atoms with Crippen LogP contribution in [0.5, 0.6) is 5.75 Å². The lowest BCUT2D eigenvalue weighted by molar-refractivity contribution is -0.138.